The maximum Gasteiger partial charge on any atom is 0.335 e. The molecule has 1 amide bonds. The zero-order chi connectivity index (χ0) is 27.8. The molecule has 0 saturated carbocycles. The Morgan fingerprint density at radius 3 is 2.36 bits per heavy atom. The number of benzene rings is 3. The molecule has 0 aliphatic heterocycles. The van der Waals surface area contributed by atoms with Crippen molar-refractivity contribution in [3.63, 3.8) is 0 Å². The van der Waals surface area contributed by atoms with Crippen LogP contribution in [0.4, 0.5) is 14.5 Å². The van der Waals surface area contributed by atoms with E-state index in [9.17, 15) is 18.8 Å². The number of nitrogens with zero attached hydrogens (tertiary/aromatic N) is 3. The summed E-state index contributed by atoms with van der Waals surface area (Å²) in [4.78, 5) is 43.1. The number of pyridine rings is 1. The molecular formula is C30H24F2N4O3. The number of amides is 1. The standard InChI is InChI=1S/C30H24F2N4O3/c1-17-12-24-19(10-11-33-27(24)13-18(17)2)14-20-4-7-22(15-26(20)32)34-28(37)25-16-35(3)30(39)36(29(25)38)23-8-5-21(31)6-9-23/h4-13,15-16H,14H2,1-3H3,(H,34,37). The SMILES string of the molecule is Cc1cc2nccc(Cc3ccc(NC(=O)c4cn(C)c(=O)n(-c5ccc(F)cc5)c4=O)cc3F)c2cc1C. The summed E-state index contributed by atoms with van der Waals surface area (Å²) in [6, 6.07) is 15.0. The van der Waals surface area contributed by atoms with Crippen LogP contribution in [0.5, 0.6) is 0 Å². The fourth-order valence-electron chi connectivity index (χ4n) is 4.43. The minimum Gasteiger partial charge on any atom is -0.322 e. The number of halogens is 2. The monoisotopic (exact) mass is 526 g/mol. The number of hydrogen-bond donors (Lipinski definition) is 1. The van der Waals surface area contributed by atoms with Gasteiger partial charge in [0.1, 0.15) is 17.2 Å². The summed E-state index contributed by atoms with van der Waals surface area (Å²) >= 11 is 0. The Labute approximate surface area is 222 Å². The molecule has 0 unspecified atom stereocenters. The summed E-state index contributed by atoms with van der Waals surface area (Å²) < 4.78 is 30.3. The van der Waals surface area contributed by atoms with E-state index >= 15 is 4.39 Å². The van der Waals surface area contributed by atoms with E-state index in [0.29, 0.717) is 12.0 Å². The predicted molar refractivity (Wildman–Crippen MR) is 146 cm³/mol. The molecule has 9 heteroatoms. The molecular weight excluding hydrogens is 502 g/mol. The summed E-state index contributed by atoms with van der Waals surface area (Å²) in [5.41, 5.74) is 2.78. The van der Waals surface area contributed by atoms with Crippen molar-refractivity contribution in [2.75, 3.05) is 5.32 Å². The lowest BCUT2D eigenvalue weighted by Crippen LogP contribution is -2.41. The van der Waals surface area contributed by atoms with Gasteiger partial charge in [-0.1, -0.05) is 6.07 Å². The van der Waals surface area contributed by atoms with E-state index in [1.165, 1.54) is 25.2 Å². The topological polar surface area (TPSA) is 86.0 Å². The summed E-state index contributed by atoms with van der Waals surface area (Å²) in [5, 5.41) is 3.48. The number of aryl methyl sites for hydroxylation is 3. The van der Waals surface area contributed by atoms with Gasteiger partial charge in [0.2, 0.25) is 0 Å². The highest BCUT2D eigenvalue weighted by molar-refractivity contribution is 6.03. The van der Waals surface area contributed by atoms with Crippen LogP contribution < -0.4 is 16.6 Å². The fraction of sp³-hybridized carbons (Fsp3) is 0.133. The van der Waals surface area contributed by atoms with Gasteiger partial charge in [-0.3, -0.25) is 14.6 Å². The number of nitrogens with one attached hydrogen (secondary N) is 1. The molecule has 0 radical (unpaired) electrons. The highest BCUT2D eigenvalue weighted by atomic mass is 19.1. The lowest BCUT2D eigenvalue weighted by molar-refractivity contribution is 0.102. The highest BCUT2D eigenvalue weighted by Gasteiger charge is 2.18. The molecule has 0 fully saturated rings. The summed E-state index contributed by atoms with van der Waals surface area (Å²) in [5.74, 6) is -1.87. The molecule has 0 bridgehead atoms. The minimum absolute atomic E-state index is 0.112. The lowest BCUT2D eigenvalue weighted by Gasteiger charge is -2.12. The highest BCUT2D eigenvalue weighted by Crippen LogP contribution is 2.25. The third-order valence-corrected chi connectivity index (χ3v) is 6.72. The number of carbonyl (C=O) groups is 1. The zero-order valence-electron chi connectivity index (χ0n) is 21.5. The van der Waals surface area contributed by atoms with Crippen LogP contribution in [0.2, 0.25) is 0 Å². The van der Waals surface area contributed by atoms with E-state index in [-0.39, 0.29) is 16.9 Å². The number of fused-ring (bicyclic) bond motifs is 1. The van der Waals surface area contributed by atoms with Crippen molar-refractivity contribution >= 4 is 22.5 Å². The second-order valence-corrected chi connectivity index (χ2v) is 9.41. The normalized spacial score (nSPS) is 11.1. The second kappa shape index (κ2) is 10.1. The van der Waals surface area contributed by atoms with Gasteiger partial charge < -0.3 is 9.88 Å². The van der Waals surface area contributed by atoms with Gasteiger partial charge in [0.05, 0.1) is 11.2 Å². The van der Waals surface area contributed by atoms with Crippen molar-refractivity contribution in [2.45, 2.75) is 20.3 Å². The van der Waals surface area contributed by atoms with Gasteiger partial charge in [-0.05, 0) is 90.7 Å². The maximum atomic E-state index is 15.1. The van der Waals surface area contributed by atoms with Crippen molar-refractivity contribution in [1.29, 1.82) is 0 Å². The van der Waals surface area contributed by atoms with Gasteiger partial charge in [-0.2, -0.15) is 0 Å². The first-order chi connectivity index (χ1) is 18.6. The predicted octanol–water partition coefficient (Wildman–Crippen LogP) is 4.82. The van der Waals surface area contributed by atoms with Crippen LogP contribution in [-0.4, -0.2) is 20.0 Å². The van der Waals surface area contributed by atoms with Crippen molar-refractivity contribution in [1.82, 2.24) is 14.1 Å². The smallest absolute Gasteiger partial charge is 0.322 e. The fourth-order valence-corrected chi connectivity index (χ4v) is 4.43. The molecule has 196 valence electrons. The largest absolute Gasteiger partial charge is 0.335 e. The van der Waals surface area contributed by atoms with Crippen LogP contribution in [0.3, 0.4) is 0 Å². The lowest BCUT2D eigenvalue weighted by atomic mass is 9.98. The first-order valence-electron chi connectivity index (χ1n) is 12.2. The summed E-state index contributed by atoms with van der Waals surface area (Å²) in [6.07, 6.45) is 3.14. The number of rotatable bonds is 5. The first-order valence-corrected chi connectivity index (χ1v) is 12.2. The molecule has 7 nitrogen and oxygen atoms in total. The van der Waals surface area contributed by atoms with E-state index in [4.69, 9.17) is 0 Å². The maximum absolute atomic E-state index is 15.1. The quantitative estimate of drug-likeness (QED) is 0.356. The van der Waals surface area contributed by atoms with E-state index in [1.54, 1.807) is 18.3 Å². The van der Waals surface area contributed by atoms with E-state index < -0.39 is 28.8 Å². The number of carbonyl (C=O) groups excluding carboxylic acids is 1. The van der Waals surface area contributed by atoms with Gasteiger partial charge in [-0.25, -0.2) is 18.1 Å². The number of anilines is 1. The molecule has 0 spiro atoms. The Hall–Kier alpha value is -4.92. The van der Waals surface area contributed by atoms with Crippen LogP contribution in [0.25, 0.3) is 16.6 Å². The van der Waals surface area contributed by atoms with Gasteiger partial charge in [0.15, 0.2) is 0 Å². The molecule has 2 heterocycles. The molecule has 2 aromatic heterocycles. The molecule has 0 atom stereocenters. The Morgan fingerprint density at radius 1 is 0.923 bits per heavy atom. The van der Waals surface area contributed by atoms with Crippen molar-refractivity contribution in [3.05, 3.63) is 133 Å². The number of aromatic nitrogens is 3. The zero-order valence-corrected chi connectivity index (χ0v) is 21.5. The molecule has 0 aliphatic rings. The van der Waals surface area contributed by atoms with Crippen LogP contribution in [0.1, 0.15) is 32.6 Å². The molecule has 39 heavy (non-hydrogen) atoms. The van der Waals surface area contributed by atoms with Gasteiger partial charge >= 0.3 is 5.69 Å². The van der Waals surface area contributed by atoms with Crippen LogP contribution >= 0.6 is 0 Å². The summed E-state index contributed by atoms with van der Waals surface area (Å²) in [7, 11) is 1.39. The average molecular weight is 527 g/mol. The van der Waals surface area contributed by atoms with Crippen LogP contribution in [0.15, 0.2) is 82.6 Å². The van der Waals surface area contributed by atoms with Crippen molar-refractivity contribution in [3.8, 4) is 5.69 Å². The Balaban J connectivity index is 1.42. The minimum atomic E-state index is -0.880. The second-order valence-electron chi connectivity index (χ2n) is 9.41. The molecule has 0 saturated heterocycles. The third kappa shape index (κ3) is 4.98. The molecule has 5 rings (SSSR count). The van der Waals surface area contributed by atoms with Gasteiger partial charge in [0, 0.05) is 36.9 Å². The Bertz CT molecular complexity index is 1880. The average Bonchev–Trinajstić information content (AvgIpc) is 2.90. The third-order valence-electron chi connectivity index (χ3n) is 6.72. The van der Waals surface area contributed by atoms with Crippen molar-refractivity contribution < 1.29 is 13.6 Å². The molecule has 3 aromatic carbocycles. The van der Waals surface area contributed by atoms with Gasteiger partial charge in [0.25, 0.3) is 11.5 Å². The van der Waals surface area contributed by atoms with Crippen LogP contribution in [-0.2, 0) is 13.5 Å². The van der Waals surface area contributed by atoms with E-state index in [2.05, 4.69) is 10.3 Å². The molecule has 5 aromatic rings. The molecule has 0 aliphatic carbocycles. The van der Waals surface area contributed by atoms with Crippen molar-refractivity contribution in [2.24, 2.45) is 7.05 Å². The molecule has 1 N–H and O–H groups in total. The number of hydrogen-bond acceptors (Lipinski definition) is 4. The Morgan fingerprint density at radius 2 is 1.64 bits per heavy atom. The summed E-state index contributed by atoms with van der Waals surface area (Å²) in [6.45, 7) is 4.03. The van der Waals surface area contributed by atoms with E-state index in [1.807, 2.05) is 32.0 Å². The Kier molecular flexibility index (Phi) is 6.66. The first kappa shape index (κ1) is 25.7. The van der Waals surface area contributed by atoms with Gasteiger partial charge in [-0.15, -0.1) is 0 Å². The van der Waals surface area contributed by atoms with E-state index in [0.717, 1.165) is 55.1 Å². The van der Waals surface area contributed by atoms with Crippen LogP contribution in [0, 0.1) is 25.5 Å².